The van der Waals surface area contributed by atoms with Gasteiger partial charge in [-0.1, -0.05) is 155 Å². The number of carbonyl (C=O) groups is 2. The molecule has 0 unspecified atom stereocenters. The van der Waals surface area contributed by atoms with E-state index in [2.05, 4.69) is 32.9 Å². The van der Waals surface area contributed by atoms with Crippen LogP contribution in [0.15, 0.2) is 12.2 Å². The number of rotatable bonds is 35. The van der Waals surface area contributed by atoms with E-state index in [1.54, 1.807) is 0 Å². The third-order valence-corrected chi connectivity index (χ3v) is 11.7. The second-order valence-electron chi connectivity index (χ2n) is 17.7. The fraction of sp³-hybridized carbons (Fsp3) is 0.915. The molecule has 13 nitrogen and oxygen atoms in total. The summed E-state index contributed by atoms with van der Waals surface area (Å²) in [4.78, 5) is 24.9. The van der Waals surface area contributed by atoms with Gasteiger partial charge in [0.15, 0.2) is 12.6 Å². The van der Waals surface area contributed by atoms with Crippen LogP contribution in [0.1, 0.15) is 194 Å². The van der Waals surface area contributed by atoms with E-state index in [1.807, 2.05) is 0 Å². The number of ether oxygens (including phenoxy) is 5. The van der Waals surface area contributed by atoms with Crippen molar-refractivity contribution in [3.05, 3.63) is 12.2 Å². The first kappa shape index (κ1) is 54.5. The standard InChI is InChI=1S/C47H86O13/c1-4-5-6-7-8-9-10-11-12-13-16-19-22-25-28-31-38(48)56-33-36-40(50)42(52)44(54)46(58-36)60-47-45(55)43(53)41(51)37(59-47)34-57-39(49)32-29-26-23-20-17-14-15-18-21-24-27-30-35(2)3/h11-12,35-37,40-47,50-55H,4-10,13-34H2,1-3H3/b12-11-/t36-,37-,40-,41-,42+,43+,44-,45-,46-,47-/m1/s1. The summed E-state index contributed by atoms with van der Waals surface area (Å²) in [5.74, 6) is -0.194. The van der Waals surface area contributed by atoms with E-state index in [4.69, 9.17) is 23.7 Å². The highest BCUT2D eigenvalue weighted by molar-refractivity contribution is 5.69. The molecule has 2 saturated heterocycles. The molecule has 2 fully saturated rings. The van der Waals surface area contributed by atoms with Crippen molar-refractivity contribution < 1.29 is 63.9 Å². The maximum atomic E-state index is 12.4. The van der Waals surface area contributed by atoms with E-state index < -0.39 is 86.6 Å². The Hall–Kier alpha value is -1.68. The Labute approximate surface area is 361 Å². The fourth-order valence-electron chi connectivity index (χ4n) is 7.71. The van der Waals surface area contributed by atoms with Crippen molar-refractivity contribution in [2.24, 2.45) is 5.92 Å². The third kappa shape index (κ3) is 23.7. The van der Waals surface area contributed by atoms with Crippen molar-refractivity contribution in [3.8, 4) is 0 Å². The van der Waals surface area contributed by atoms with Gasteiger partial charge in [0, 0.05) is 12.8 Å². The van der Waals surface area contributed by atoms with E-state index in [0.717, 1.165) is 63.7 Å². The molecule has 0 radical (unpaired) electrons. The molecular formula is C47H86O13. The maximum Gasteiger partial charge on any atom is 0.305 e. The summed E-state index contributed by atoms with van der Waals surface area (Å²) in [6.45, 7) is 5.92. The smallest absolute Gasteiger partial charge is 0.305 e. The van der Waals surface area contributed by atoms with Crippen LogP contribution in [0.4, 0.5) is 0 Å². The van der Waals surface area contributed by atoms with Gasteiger partial charge in [-0.2, -0.15) is 0 Å². The van der Waals surface area contributed by atoms with Gasteiger partial charge in [-0.25, -0.2) is 0 Å². The minimum atomic E-state index is -1.80. The van der Waals surface area contributed by atoms with Gasteiger partial charge in [0.2, 0.25) is 0 Å². The first-order valence-corrected chi connectivity index (χ1v) is 24.0. The van der Waals surface area contributed by atoms with Crippen molar-refractivity contribution in [1.29, 1.82) is 0 Å². The molecule has 0 aliphatic carbocycles. The number of carbonyl (C=O) groups excluding carboxylic acids is 2. The number of hydrogen-bond acceptors (Lipinski definition) is 13. The van der Waals surface area contributed by atoms with Gasteiger partial charge in [0.05, 0.1) is 0 Å². The second-order valence-corrected chi connectivity index (χ2v) is 17.7. The summed E-state index contributed by atoms with van der Waals surface area (Å²) in [6, 6.07) is 0. The van der Waals surface area contributed by atoms with Gasteiger partial charge in [-0.15, -0.1) is 0 Å². The van der Waals surface area contributed by atoms with Crippen LogP contribution in [0, 0.1) is 5.92 Å². The molecule has 6 N–H and O–H groups in total. The fourth-order valence-corrected chi connectivity index (χ4v) is 7.71. The maximum absolute atomic E-state index is 12.4. The Balaban J connectivity index is 1.63. The summed E-state index contributed by atoms with van der Waals surface area (Å²) < 4.78 is 27.5. The molecule has 60 heavy (non-hydrogen) atoms. The monoisotopic (exact) mass is 859 g/mol. The Morgan fingerprint density at radius 3 is 1.22 bits per heavy atom. The quantitative estimate of drug-likeness (QED) is 0.0209. The first-order chi connectivity index (χ1) is 29.0. The number of aliphatic hydroxyl groups is 6. The van der Waals surface area contributed by atoms with Crippen LogP contribution in [0.25, 0.3) is 0 Å². The highest BCUT2D eigenvalue weighted by Gasteiger charge is 2.50. The molecule has 0 bridgehead atoms. The van der Waals surface area contributed by atoms with E-state index >= 15 is 0 Å². The molecule has 2 rings (SSSR count). The largest absolute Gasteiger partial charge is 0.463 e. The molecule has 2 heterocycles. The normalized spacial score (nSPS) is 27.2. The summed E-state index contributed by atoms with van der Waals surface area (Å²) >= 11 is 0. The highest BCUT2D eigenvalue weighted by atomic mass is 16.8. The molecule has 0 aromatic heterocycles. The predicted molar refractivity (Wildman–Crippen MR) is 231 cm³/mol. The average molecular weight is 859 g/mol. The van der Waals surface area contributed by atoms with E-state index in [-0.39, 0.29) is 12.8 Å². The topological polar surface area (TPSA) is 202 Å². The lowest BCUT2D eigenvalue weighted by atomic mass is 9.98. The molecule has 0 amide bonds. The molecule has 2 aliphatic rings. The molecular weight excluding hydrogens is 773 g/mol. The third-order valence-electron chi connectivity index (χ3n) is 11.7. The van der Waals surface area contributed by atoms with Crippen molar-refractivity contribution in [3.63, 3.8) is 0 Å². The Morgan fingerprint density at radius 2 is 0.833 bits per heavy atom. The van der Waals surface area contributed by atoms with Gasteiger partial charge in [0.1, 0.15) is 62.0 Å². The average Bonchev–Trinajstić information content (AvgIpc) is 3.23. The van der Waals surface area contributed by atoms with E-state index in [9.17, 15) is 40.2 Å². The zero-order valence-corrected chi connectivity index (χ0v) is 37.6. The Kier molecular flexibility index (Phi) is 30.7. The van der Waals surface area contributed by atoms with Gasteiger partial charge < -0.3 is 54.3 Å². The number of unbranched alkanes of at least 4 members (excludes halogenated alkanes) is 21. The predicted octanol–water partition coefficient (Wildman–Crippen LogP) is 7.47. The number of aliphatic hydroxyl groups excluding tert-OH is 6. The molecule has 0 spiro atoms. The van der Waals surface area contributed by atoms with Gasteiger partial charge in [-0.05, 0) is 44.4 Å². The molecule has 10 atom stereocenters. The summed E-state index contributed by atoms with van der Waals surface area (Å²) in [6.07, 6.45) is 17.5. The molecule has 0 saturated carbocycles. The Morgan fingerprint density at radius 1 is 0.483 bits per heavy atom. The minimum absolute atomic E-state index is 0.180. The van der Waals surface area contributed by atoms with Crippen LogP contribution in [-0.4, -0.2) is 117 Å². The van der Waals surface area contributed by atoms with Crippen molar-refractivity contribution >= 4 is 11.9 Å². The lowest BCUT2D eigenvalue weighted by Gasteiger charge is -2.44. The van der Waals surface area contributed by atoms with Crippen LogP contribution in [0.3, 0.4) is 0 Å². The molecule has 13 heteroatoms. The van der Waals surface area contributed by atoms with Crippen LogP contribution >= 0.6 is 0 Å². The molecule has 0 aromatic carbocycles. The zero-order valence-electron chi connectivity index (χ0n) is 37.6. The second kappa shape index (κ2) is 33.8. The summed E-state index contributed by atoms with van der Waals surface area (Å²) in [5.41, 5.74) is 0. The lowest BCUT2D eigenvalue weighted by Crippen LogP contribution is -2.64. The van der Waals surface area contributed by atoms with Crippen molar-refractivity contribution in [1.82, 2.24) is 0 Å². The Bertz CT molecular complexity index is 1110. The number of esters is 2. The minimum Gasteiger partial charge on any atom is -0.463 e. The van der Waals surface area contributed by atoms with Gasteiger partial charge in [0.25, 0.3) is 0 Å². The first-order valence-electron chi connectivity index (χ1n) is 24.0. The number of hydrogen-bond donors (Lipinski definition) is 6. The van der Waals surface area contributed by atoms with E-state index in [0.29, 0.717) is 12.8 Å². The zero-order chi connectivity index (χ0) is 44.0. The molecule has 352 valence electrons. The molecule has 0 aromatic rings. The molecule has 2 aliphatic heterocycles. The van der Waals surface area contributed by atoms with Gasteiger partial charge >= 0.3 is 11.9 Å². The van der Waals surface area contributed by atoms with Crippen LogP contribution in [-0.2, 0) is 33.3 Å². The number of allylic oxidation sites excluding steroid dienone is 2. The summed E-state index contributed by atoms with van der Waals surface area (Å²) in [7, 11) is 0. The SMILES string of the molecule is CCCCCCCC/C=C\CCCCCCCC(=O)OC[C@H]1O[C@H](O[C@H]2O[C@H](COC(=O)CCCCCCCCCCCCCC(C)C)[C@@H](O)[C@H](O)[C@H]2O)[C@H](O)[C@@H](O)[C@@H]1O. The highest BCUT2D eigenvalue weighted by Crippen LogP contribution is 2.29. The van der Waals surface area contributed by atoms with E-state index in [1.165, 1.54) is 89.9 Å². The van der Waals surface area contributed by atoms with Crippen LogP contribution < -0.4 is 0 Å². The van der Waals surface area contributed by atoms with Crippen molar-refractivity contribution in [2.75, 3.05) is 13.2 Å². The van der Waals surface area contributed by atoms with Crippen LogP contribution in [0.5, 0.6) is 0 Å². The van der Waals surface area contributed by atoms with Crippen molar-refractivity contribution in [2.45, 2.75) is 256 Å². The van der Waals surface area contributed by atoms with Gasteiger partial charge in [-0.3, -0.25) is 9.59 Å². The lowest BCUT2D eigenvalue weighted by molar-refractivity contribution is -0.376. The summed E-state index contributed by atoms with van der Waals surface area (Å²) in [5, 5.41) is 63.4. The van der Waals surface area contributed by atoms with Crippen LogP contribution in [0.2, 0.25) is 0 Å².